The Balaban J connectivity index is 0.00000288. The average molecular weight is 387 g/mol. The van der Waals surface area contributed by atoms with Crippen LogP contribution in [0.25, 0.3) is 0 Å². The largest absolute Gasteiger partial charge is 0.465 e. The van der Waals surface area contributed by atoms with Gasteiger partial charge in [0.15, 0.2) is 0 Å². The van der Waals surface area contributed by atoms with Crippen LogP contribution in [0.5, 0.6) is 0 Å². The molecular weight excluding hydrogens is 367 g/mol. The van der Waals surface area contributed by atoms with Crippen LogP contribution in [0.15, 0.2) is 36.4 Å². The molecule has 25 heavy (non-hydrogen) atoms. The molecule has 0 saturated heterocycles. The number of hydrogen-bond acceptors (Lipinski definition) is 6. The maximum absolute atomic E-state index is 11.7. The van der Waals surface area contributed by atoms with Crippen molar-refractivity contribution in [3.8, 4) is 0 Å². The van der Waals surface area contributed by atoms with Crippen LogP contribution in [0.1, 0.15) is 31.8 Å². The Kier molecular flexibility index (Phi) is 8.81. The minimum absolute atomic E-state index is 0. The fourth-order valence-electron chi connectivity index (χ4n) is 2.24. The maximum atomic E-state index is 11.7. The number of carbonyl (C=O) groups excluding carboxylic acids is 2. The van der Waals surface area contributed by atoms with Crippen LogP contribution in [-0.4, -0.2) is 26.2 Å². The molecular formula is C17H20Cl2N2O4. The highest BCUT2D eigenvalue weighted by atomic mass is 35.5. The van der Waals surface area contributed by atoms with Gasteiger partial charge in [-0.05, 0) is 41.8 Å². The molecule has 0 atom stereocenters. The number of nitrogen functional groups attached to an aromatic ring is 2. The number of hydrogen-bond donors (Lipinski definition) is 2. The Hall–Kier alpha value is -2.44. The Morgan fingerprint density at radius 2 is 1.16 bits per heavy atom. The SMILES string of the molecule is COC(=O)c1cc(Cc2ccc(N)c(C(=O)OC)c2)ccc1N.Cl.Cl. The zero-order valence-corrected chi connectivity index (χ0v) is 15.4. The number of ether oxygens (including phenoxy) is 2. The normalized spacial score (nSPS) is 9.36. The van der Waals surface area contributed by atoms with E-state index in [-0.39, 0.29) is 24.8 Å². The number of rotatable bonds is 4. The summed E-state index contributed by atoms with van der Waals surface area (Å²) in [6, 6.07) is 10.3. The molecule has 0 saturated carbocycles. The van der Waals surface area contributed by atoms with Crippen molar-refractivity contribution in [1.82, 2.24) is 0 Å². The van der Waals surface area contributed by atoms with E-state index in [0.29, 0.717) is 28.9 Å². The van der Waals surface area contributed by atoms with Crippen LogP contribution < -0.4 is 11.5 Å². The van der Waals surface area contributed by atoms with Crippen molar-refractivity contribution in [3.05, 3.63) is 58.7 Å². The molecule has 0 aromatic heterocycles. The van der Waals surface area contributed by atoms with Crippen molar-refractivity contribution >= 4 is 48.1 Å². The number of benzene rings is 2. The van der Waals surface area contributed by atoms with Gasteiger partial charge >= 0.3 is 11.9 Å². The molecule has 0 aliphatic rings. The third-order valence-corrected chi connectivity index (χ3v) is 3.45. The predicted molar refractivity (Wildman–Crippen MR) is 102 cm³/mol. The lowest BCUT2D eigenvalue weighted by molar-refractivity contribution is 0.0593. The molecule has 0 fully saturated rings. The second-order valence-electron chi connectivity index (χ2n) is 5.00. The van der Waals surface area contributed by atoms with Crippen LogP contribution in [0.3, 0.4) is 0 Å². The fourth-order valence-corrected chi connectivity index (χ4v) is 2.24. The van der Waals surface area contributed by atoms with Gasteiger partial charge in [0, 0.05) is 11.4 Å². The summed E-state index contributed by atoms with van der Waals surface area (Å²) < 4.78 is 9.41. The maximum Gasteiger partial charge on any atom is 0.339 e. The van der Waals surface area contributed by atoms with Gasteiger partial charge in [0.1, 0.15) is 0 Å². The van der Waals surface area contributed by atoms with E-state index in [1.54, 1.807) is 24.3 Å². The molecule has 2 aromatic rings. The molecule has 2 aromatic carbocycles. The highest BCUT2D eigenvalue weighted by molar-refractivity contribution is 5.96. The lowest BCUT2D eigenvalue weighted by Crippen LogP contribution is -2.08. The van der Waals surface area contributed by atoms with Crippen LogP contribution in [-0.2, 0) is 15.9 Å². The molecule has 2 rings (SSSR count). The summed E-state index contributed by atoms with van der Waals surface area (Å²) >= 11 is 0. The van der Waals surface area contributed by atoms with Crippen molar-refractivity contribution in [2.75, 3.05) is 25.7 Å². The first-order chi connectivity index (χ1) is 11.0. The summed E-state index contributed by atoms with van der Waals surface area (Å²) in [4.78, 5) is 23.4. The molecule has 6 nitrogen and oxygen atoms in total. The van der Waals surface area contributed by atoms with Gasteiger partial charge in [-0.15, -0.1) is 24.8 Å². The number of carbonyl (C=O) groups is 2. The van der Waals surface area contributed by atoms with Crippen molar-refractivity contribution < 1.29 is 19.1 Å². The molecule has 0 heterocycles. The topological polar surface area (TPSA) is 105 Å². The number of esters is 2. The first-order valence-electron chi connectivity index (χ1n) is 6.89. The predicted octanol–water partition coefficient (Wildman–Crippen LogP) is 2.86. The minimum atomic E-state index is -0.489. The van der Waals surface area contributed by atoms with E-state index in [1.807, 2.05) is 12.1 Å². The molecule has 0 unspecified atom stereocenters. The first kappa shape index (κ1) is 22.6. The molecule has 0 bridgehead atoms. The monoisotopic (exact) mass is 386 g/mol. The standard InChI is InChI=1S/C17H18N2O4.2ClH/c1-22-16(20)12-8-10(3-5-14(12)18)7-11-4-6-15(19)13(9-11)17(21)23-2;;/h3-6,8-9H,7,18-19H2,1-2H3;2*1H. The number of halogens is 2. The van der Waals surface area contributed by atoms with Gasteiger partial charge in [-0.2, -0.15) is 0 Å². The van der Waals surface area contributed by atoms with E-state index in [1.165, 1.54) is 14.2 Å². The molecule has 0 amide bonds. The zero-order chi connectivity index (χ0) is 17.0. The van der Waals surface area contributed by atoms with E-state index in [9.17, 15) is 9.59 Å². The average Bonchev–Trinajstić information content (AvgIpc) is 2.56. The summed E-state index contributed by atoms with van der Waals surface area (Å²) in [6.07, 6.45) is 0.508. The highest BCUT2D eigenvalue weighted by Crippen LogP contribution is 2.21. The van der Waals surface area contributed by atoms with Crippen LogP contribution in [0.2, 0.25) is 0 Å². The van der Waals surface area contributed by atoms with Crippen LogP contribution in [0.4, 0.5) is 11.4 Å². The zero-order valence-electron chi connectivity index (χ0n) is 13.8. The molecule has 0 aliphatic carbocycles. The first-order valence-corrected chi connectivity index (χ1v) is 6.89. The summed E-state index contributed by atoms with van der Waals surface area (Å²) in [5.41, 5.74) is 14.6. The molecule has 136 valence electrons. The van der Waals surface area contributed by atoms with E-state index in [0.717, 1.165) is 11.1 Å². The summed E-state index contributed by atoms with van der Waals surface area (Å²) in [7, 11) is 2.61. The Morgan fingerprint density at radius 3 is 1.48 bits per heavy atom. The molecule has 4 N–H and O–H groups in total. The molecule has 0 spiro atoms. The second kappa shape index (κ2) is 9.76. The lowest BCUT2D eigenvalue weighted by Gasteiger charge is -2.09. The van der Waals surface area contributed by atoms with Crippen molar-refractivity contribution in [1.29, 1.82) is 0 Å². The fraction of sp³-hybridized carbons (Fsp3) is 0.176. The van der Waals surface area contributed by atoms with Crippen molar-refractivity contribution in [2.24, 2.45) is 0 Å². The van der Waals surface area contributed by atoms with Gasteiger partial charge in [-0.3, -0.25) is 0 Å². The summed E-state index contributed by atoms with van der Waals surface area (Å²) in [5.74, 6) is -0.978. The van der Waals surface area contributed by atoms with Gasteiger partial charge in [0.25, 0.3) is 0 Å². The smallest absolute Gasteiger partial charge is 0.339 e. The van der Waals surface area contributed by atoms with Gasteiger partial charge in [0.05, 0.1) is 25.3 Å². The second-order valence-corrected chi connectivity index (χ2v) is 5.00. The van der Waals surface area contributed by atoms with Gasteiger partial charge in [0.2, 0.25) is 0 Å². The third kappa shape index (κ3) is 5.27. The lowest BCUT2D eigenvalue weighted by atomic mass is 9.99. The van der Waals surface area contributed by atoms with Crippen molar-refractivity contribution in [3.63, 3.8) is 0 Å². The summed E-state index contributed by atoms with van der Waals surface area (Å²) in [6.45, 7) is 0. The van der Waals surface area contributed by atoms with Crippen LogP contribution >= 0.6 is 24.8 Å². The van der Waals surface area contributed by atoms with Gasteiger partial charge < -0.3 is 20.9 Å². The number of anilines is 2. The number of methoxy groups -OCH3 is 2. The molecule has 0 aliphatic heterocycles. The highest BCUT2D eigenvalue weighted by Gasteiger charge is 2.13. The minimum Gasteiger partial charge on any atom is -0.465 e. The third-order valence-electron chi connectivity index (χ3n) is 3.45. The van der Waals surface area contributed by atoms with E-state index < -0.39 is 11.9 Å². The van der Waals surface area contributed by atoms with E-state index >= 15 is 0 Å². The van der Waals surface area contributed by atoms with Gasteiger partial charge in [-0.1, -0.05) is 12.1 Å². The molecule has 8 heteroatoms. The van der Waals surface area contributed by atoms with E-state index in [4.69, 9.17) is 20.9 Å². The quantitative estimate of drug-likeness (QED) is 0.618. The van der Waals surface area contributed by atoms with Crippen LogP contribution in [0, 0.1) is 0 Å². The number of nitrogens with two attached hydrogens (primary N) is 2. The summed E-state index contributed by atoms with van der Waals surface area (Å²) in [5, 5.41) is 0. The Bertz CT molecular complexity index is 703. The Labute approximate surface area is 158 Å². The van der Waals surface area contributed by atoms with E-state index in [2.05, 4.69) is 0 Å². The Morgan fingerprint density at radius 1 is 0.800 bits per heavy atom. The van der Waals surface area contributed by atoms with Gasteiger partial charge in [-0.25, -0.2) is 9.59 Å². The molecule has 0 radical (unpaired) electrons. The van der Waals surface area contributed by atoms with Crippen molar-refractivity contribution in [2.45, 2.75) is 6.42 Å².